The summed E-state index contributed by atoms with van der Waals surface area (Å²) in [5.74, 6) is -1.04. The van der Waals surface area contributed by atoms with Crippen LogP contribution in [0.2, 0.25) is 0 Å². The molecule has 0 heterocycles. The van der Waals surface area contributed by atoms with Gasteiger partial charge in [0.25, 0.3) is 0 Å². The van der Waals surface area contributed by atoms with Crippen LogP contribution in [0.4, 0.5) is 4.39 Å². The minimum atomic E-state index is -0.625. The first kappa shape index (κ1) is 12.0. The summed E-state index contributed by atoms with van der Waals surface area (Å²) in [6, 6.07) is 1.46. The van der Waals surface area contributed by atoms with Crippen LogP contribution in [0.5, 0.6) is 11.5 Å². The lowest BCUT2D eigenvalue weighted by Crippen LogP contribution is -1.94. The van der Waals surface area contributed by atoms with E-state index in [1.54, 1.807) is 12.2 Å². The second kappa shape index (κ2) is 5.14. The zero-order valence-corrected chi connectivity index (χ0v) is 9.71. The molecule has 15 heavy (non-hydrogen) atoms. The second-order valence-corrected chi connectivity index (χ2v) is 3.64. The monoisotopic (exact) mass is 275 g/mol. The molecule has 3 nitrogen and oxygen atoms in total. The maximum Gasteiger partial charge on any atom is 0.198 e. The molecule has 0 fully saturated rings. The van der Waals surface area contributed by atoms with Gasteiger partial charge in [-0.1, -0.05) is 12.2 Å². The maximum atomic E-state index is 13.4. The van der Waals surface area contributed by atoms with Gasteiger partial charge >= 0.3 is 0 Å². The zero-order valence-electron chi connectivity index (χ0n) is 8.13. The topological polar surface area (TPSA) is 55.5 Å². The summed E-state index contributed by atoms with van der Waals surface area (Å²) in [6.07, 6.45) is 3.25. The van der Waals surface area contributed by atoms with Gasteiger partial charge in [0.15, 0.2) is 17.3 Å². The van der Waals surface area contributed by atoms with E-state index in [4.69, 9.17) is 10.5 Å². The molecule has 0 atom stereocenters. The predicted molar refractivity (Wildman–Crippen MR) is 60.4 cm³/mol. The molecule has 0 saturated heterocycles. The first-order valence-corrected chi connectivity index (χ1v) is 5.02. The number of aromatic hydroxyl groups is 1. The summed E-state index contributed by atoms with van der Waals surface area (Å²) >= 11 is 3.03. The van der Waals surface area contributed by atoms with Crippen molar-refractivity contribution in [3.63, 3.8) is 0 Å². The minimum Gasteiger partial charge on any atom is -0.504 e. The molecule has 5 heteroatoms. The van der Waals surface area contributed by atoms with E-state index in [2.05, 4.69) is 15.9 Å². The summed E-state index contributed by atoms with van der Waals surface area (Å²) in [6.45, 7) is 0.344. The van der Waals surface area contributed by atoms with E-state index >= 15 is 0 Å². The molecule has 0 amide bonds. The maximum absolute atomic E-state index is 13.4. The molecule has 0 saturated carbocycles. The standard InChI is InChI=1S/C10H11BrFNO2/c1-15-10-8(12)7(11)5-6(9(10)14)3-2-4-13/h2-3,5,14H,4,13H2,1H3/b3-2+. The van der Waals surface area contributed by atoms with Crippen molar-refractivity contribution in [2.75, 3.05) is 13.7 Å². The fourth-order valence-electron chi connectivity index (χ4n) is 1.12. The van der Waals surface area contributed by atoms with E-state index in [0.717, 1.165) is 0 Å². The van der Waals surface area contributed by atoms with Crippen LogP contribution in [-0.4, -0.2) is 18.8 Å². The zero-order chi connectivity index (χ0) is 11.4. The van der Waals surface area contributed by atoms with Gasteiger partial charge in [0.1, 0.15) is 0 Å². The highest BCUT2D eigenvalue weighted by Crippen LogP contribution is 2.37. The third-order valence-electron chi connectivity index (χ3n) is 1.82. The molecule has 0 aromatic heterocycles. The first-order valence-electron chi connectivity index (χ1n) is 4.23. The van der Waals surface area contributed by atoms with Crippen LogP contribution in [0.3, 0.4) is 0 Å². The van der Waals surface area contributed by atoms with Gasteiger partial charge in [-0.2, -0.15) is 0 Å². The average molecular weight is 276 g/mol. The lowest BCUT2D eigenvalue weighted by molar-refractivity contribution is 0.349. The van der Waals surface area contributed by atoms with Gasteiger partial charge < -0.3 is 15.6 Å². The quantitative estimate of drug-likeness (QED) is 0.890. The second-order valence-electron chi connectivity index (χ2n) is 2.78. The number of methoxy groups -OCH3 is 1. The van der Waals surface area contributed by atoms with Crippen LogP contribution in [0.25, 0.3) is 6.08 Å². The normalized spacial score (nSPS) is 10.9. The van der Waals surface area contributed by atoms with Crippen LogP contribution < -0.4 is 10.5 Å². The Morgan fingerprint density at radius 1 is 1.67 bits per heavy atom. The summed E-state index contributed by atoms with van der Waals surface area (Å²) < 4.78 is 18.4. The number of hydrogen-bond donors (Lipinski definition) is 2. The Morgan fingerprint density at radius 3 is 2.87 bits per heavy atom. The number of rotatable bonds is 3. The number of phenolic OH excluding ortho intramolecular Hbond substituents is 1. The number of nitrogens with two attached hydrogens (primary N) is 1. The molecule has 1 rings (SSSR count). The highest BCUT2D eigenvalue weighted by molar-refractivity contribution is 9.10. The molecule has 0 aliphatic carbocycles. The van der Waals surface area contributed by atoms with Gasteiger partial charge in [0.05, 0.1) is 11.6 Å². The van der Waals surface area contributed by atoms with Gasteiger partial charge in [0.2, 0.25) is 0 Å². The molecular formula is C10H11BrFNO2. The van der Waals surface area contributed by atoms with Gasteiger partial charge in [-0.3, -0.25) is 0 Å². The van der Waals surface area contributed by atoms with E-state index in [1.807, 2.05) is 0 Å². The van der Waals surface area contributed by atoms with Gasteiger partial charge in [-0.05, 0) is 22.0 Å². The van der Waals surface area contributed by atoms with Crippen LogP contribution in [0.15, 0.2) is 16.6 Å². The van der Waals surface area contributed by atoms with Gasteiger partial charge in [-0.15, -0.1) is 0 Å². The van der Waals surface area contributed by atoms with Crippen molar-refractivity contribution in [1.82, 2.24) is 0 Å². The summed E-state index contributed by atoms with van der Waals surface area (Å²) in [5, 5.41) is 9.64. The predicted octanol–water partition coefficient (Wildman–Crippen LogP) is 2.27. The van der Waals surface area contributed by atoms with Crippen molar-refractivity contribution in [2.45, 2.75) is 0 Å². The Morgan fingerprint density at radius 2 is 2.33 bits per heavy atom. The number of benzene rings is 1. The van der Waals surface area contributed by atoms with E-state index in [0.29, 0.717) is 12.1 Å². The van der Waals surface area contributed by atoms with E-state index in [9.17, 15) is 9.50 Å². The number of phenols is 1. The SMILES string of the molecule is COc1c(O)c(/C=C/CN)cc(Br)c1F. The van der Waals surface area contributed by atoms with Crippen molar-refractivity contribution in [3.05, 3.63) is 28.0 Å². The van der Waals surface area contributed by atoms with Crippen molar-refractivity contribution in [2.24, 2.45) is 5.73 Å². The third kappa shape index (κ3) is 2.49. The Kier molecular flexibility index (Phi) is 4.11. The number of halogens is 2. The lowest BCUT2D eigenvalue weighted by atomic mass is 10.1. The highest BCUT2D eigenvalue weighted by Gasteiger charge is 2.15. The van der Waals surface area contributed by atoms with Gasteiger partial charge in [0, 0.05) is 12.1 Å². The molecule has 0 aliphatic rings. The van der Waals surface area contributed by atoms with Crippen molar-refractivity contribution in [1.29, 1.82) is 0 Å². The van der Waals surface area contributed by atoms with Crippen LogP contribution in [0, 0.1) is 5.82 Å². The molecule has 0 spiro atoms. The van der Waals surface area contributed by atoms with E-state index in [1.165, 1.54) is 13.2 Å². The summed E-state index contributed by atoms with van der Waals surface area (Å²) in [5.41, 5.74) is 5.73. The molecule has 0 radical (unpaired) electrons. The molecular weight excluding hydrogens is 265 g/mol. The number of hydrogen-bond acceptors (Lipinski definition) is 3. The van der Waals surface area contributed by atoms with E-state index in [-0.39, 0.29) is 16.0 Å². The minimum absolute atomic E-state index is 0.180. The first-order chi connectivity index (χ1) is 7.11. The Labute approximate surface area is 95.5 Å². The fourth-order valence-corrected chi connectivity index (χ4v) is 1.55. The van der Waals surface area contributed by atoms with Crippen molar-refractivity contribution >= 4 is 22.0 Å². The molecule has 1 aromatic rings. The largest absolute Gasteiger partial charge is 0.504 e. The van der Waals surface area contributed by atoms with Crippen molar-refractivity contribution < 1.29 is 14.2 Å². The Balaban J connectivity index is 3.30. The Hall–Kier alpha value is -1.07. The van der Waals surface area contributed by atoms with Crippen LogP contribution in [-0.2, 0) is 0 Å². The molecule has 0 aliphatic heterocycles. The van der Waals surface area contributed by atoms with Gasteiger partial charge in [-0.25, -0.2) is 4.39 Å². The average Bonchev–Trinajstić information content (AvgIpc) is 2.22. The fraction of sp³-hybridized carbons (Fsp3) is 0.200. The lowest BCUT2D eigenvalue weighted by Gasteiger charge is -2.08. The molecule has 1 aromatic carbocycles. The summed E-state index contributed by atoms with van der Waals surface area (Å²) in [4.78, 5) is 0. The molecule has 3 N–H and O–H groups in total. The van der Waals surface area contributed by atoms with Crippen LogP contribution in [0.1, 0.15) is 5.56 Å². The molecule has 0 bridgehead atoms. The van der Waals surface area contributed by atoms with E-state index < -0.39 is 5.82 Å². The molecule has 82 valence electrons. The number of ether oxygens (including phenoxy) is 1. The third-order valence-corrected chi connectivity index (χ3v) is 2.39. The smallest absolute Gasteiger partial charge is 0.198 e. The molecule has 0 unspecified atom stereocenters. The highest BCUT2D eigenvalue weighted by atomic mass is 79.9. The van der Waals surface area contributed by atoms with Crippen molar-refractivity contribution in [3.8, 4) is 11.5 Å². The summed E-state index contributed by atoms with van der Waals surface area (Å²) in [7, 11) is 1.29. The van der Waals surface area contributed by atoms with Crippen LogP contribution >= 0.6 is 15.9 Å². The Bertz CT molecular complexity index is 393.